The summed E-state index contributed by atoms with van der Waals surface area (Å²) in [5.74, 6) is 1.30. The van der Waals surface area contributed by atoms with Crippen molar-refractivity contribution in [3.63, 3.8) is 0 Å². The maximum absolute atomic E-state index is 12.8. The van der Waals surface area contributed by atoms with Crippen LogP contribution in [0.2, 0.25) is 0 Å². The number of aryl methyl sites for hydroxylation is 2. The number of nitrogens with zero attached hydrogens (tertiary/aromatic N) is 3. The Bertz CT molecular complexity index is 1650. The molecule has 0 fully saturated rings. The lowest BCUT2D eigenvalue weighted by atomic mass is 10.1. The summed E-state index contributed by atoms with van der Waals surface area (Å²) in [6.07, 6.45) is -0.920. The predicted molar refractivity (Wildman–Crippen MR) is 142 cm³/mol. The zero-order valence-electron chi connectivity index (χ0n) is 20.0. The van der Waals surface area contributed by atoms with E-state index in [1.807, 2.05) is 73.7 Å². The fourth-order valence-corrected chi connectivity index (χ4v) is 5.06. The largest absolute Gasteiger partial charge is 0.490 e. The maximum atomic E-state index is 12.8. The smallest absolute Gasteiger partial charge is 0.329 e. The predicted octanol–water partition coefficient (Wildman–Crippen LogP) is 3.62. The van der Waals surface area contributed by atoms with E-state index in [4.69, 9.17) is 4.74 Å². The topological polar surface area (TPSA) is 102 Å². The number of thioether (sulfide) groups is 1. The average Bonchev–Trinajstić information content (AvgIpc) is 3.24. The minimum Gasteiger partial charge on any atom is -0.490 e. The summed E-state index contributed by atoms with van der Waals surface area (Å²) in [6, 6.07) is 21.8. The van der Waals surface area contributed by atoms with Crippen LogP contribution in [-0.4, -0.2) is 36.9 Å². The lowest BCUT2D eigenvalue weighted by Gasteiger charge is -2.16. The number of ether oxygens (including phenoxy) is 1. The molecular formula is C27H26N4O4S. The molecule has 0 radical (unpaired) electrons. The third kappa shape index (κ3) is 4.80. The number of benzene rings is 3. The number of H-pyrrole nitrogens is 1. The first-order chi connectivity index (χ1) is 17.4. The van der Waals surface area contributed by atoms with E-state index in [1.54, 1.807) is 11.6 Å². The standard InChI is InChI=1S/C27H26N4O4S/c1-17-10-12-18(13-11-17)16-36-27-28-24-23(25(33)29-26(34)30(24)2)31(27)14-20(32)15-35-22-9-5-7-19-6-3-4-8-21(19)22/h3-13,20,32H,14-16H2,1-2H3,(H,29,33,34)/t20-/m1/s1. The molecule has 0 aliphatic carbocycles. The van der Waals surface area contributed by atoms with Crippen LogP contribution in [0.3, 0.4) is 0 Å². The molecule has 5 rings (SSSR count). The van der Waals surface area contributed by atoms with E-state index < -0.39 is 17.4 Å². The third-order valence-corrected chi connectivity index (χ3v) is 7.08. The van der Waals surface area contributed by atoms with E-state index in [0.717, 1.165) is 16.3 Å². The average molecular weight is 503 g/mol. The van der Waals surface area contributed by atoms with E-state index in [9.17, 15) is 14.7 Å². The second-order valence-electron chi connectivity index (χ2n) is 8.71. The molecule has 0 amide bonds. The second-order valence-corrected chi connectivity index (χ2v) is 9.65. The molecule has 2 heterocycles. The highest BCUT2D eigenvalue weighted by atomic mass is 32.2. The lowest BCUT2D eigenvalue weighted by Crippen LogP contribution is -2.30. The Labute approximate surface area is 211 Å². The molecule has 184 valence electrons. The molecular weight excluding hydrogens is 476 g/mol. The molecule has 2 aromatic heterocycles. The molecule has 1 atom stereocenters. The number of aliphatic hydroxyl groups is 1. The van der Waals surface area contributed by atoms with Crippen molar-refractivity contribution >= 4 is 33.7 Å². The van der Waals surface area contributed by atoms with Crippen LogP contribution in [0.1, 0.15) is 11.1 Å². The first-order valence-electron chi connectivity index (χ1n) is 11.6. The van der Waals surface area contributed by atoms with Crippen LogP contribution in [0.25, 0.3) is 21.9 Å². The van der Waals surface area contributed by atoms with Gasteiger partial charge in [-0.1, -0.05) is 78.0 Å². The molecule has 0 bridgehead atoms. The normalized spacial score (nSPS) is 12.3. The second kappa shape index (κ2) is 10.0. The van der Waals surface area contributed by atoms with Crippen LogP contribution in [0.4, 0.5) is 0 Å². The summed E-state index contributed by atoms with van der Waals surface area (Å²) in [4.78, 5) is 31.8. The maximum Gasteiger partial charge on any atom is 0.329 e. The molecule has 2 N–H and O–H groups in total. The van der Waals surface area contributed by atoms with Crippen LogP contribution in [0.5, 0.6) is 5.75 Å². The van der Waals surface area contributed by atoms with E-state index in [0.29, 0.717) is 16.7 Å². The van der Waals surface area contributed by atoms with Crippen molar-refractivity contribution in [2.24, 2.45) is 7.05 Å². The van der Waals surface area contributed by atoms with Gasteiger partial charge in [0.1, 0.15) is 18.5 Å². The number of aliphatic hydroxyl groups excluding tert-OH is 1. The molecule has 0 spiro atoms. The summed E-state index contributed by atoms with van der Waals surface area (Å²) in [5.41, 5.74) is 1.72. The van der Waals surface area contributed by atoms with Gasteiger partial charge in [0.2, 0.25) is 0 Å². The first kappa shape index (κ1) is 23.9. The number of aromatic nitrogens is 4. The first-order valence-corrected chi connectivity index (χ1v) is 12.6. The van der Waals surface area contributed by atoms with Crippen molar-refractivity contribution in [3.05, 3.63) is 98.7 Å². The van der Waals surface area contributed by atoms with Gasteiger partial charge in [-0.2, -0.15) is 0 Å². The Morgan fingerprint density at radius 3 is 2.61 bits per heavy atom. The van der Waals surface area contributed by atoms with Crippen molar-refractivity contribution in [1.29, 1.82) is 0 Å². The van der Waals surface area contributed by atoms with Crippen molar-refractivity contribution < 1.29 is 9.84 Å². The molecule has 0 aliphatic heterocycles. The Morgan fingerprint density at radius 2 is 1.81 bits per heavy atom. The number of nitrogens with one attached hydrogen (secondary N) is 1. The van der Waals surface area contributed by atoms with Gasteiger partial charge in [0.15, 0.2) is 16.3 Å². The molecule has 0 saturated heterocycles. The van der Waals surface area contributed by atoms with Crippen LogP contribution in [0, 0.1) is 6.92 Å². The van der Waals surface area contributed by atoms with Gasteiger partial charge in [-0.25, -0.2) is 9.78 Å². The summed E-state index contributed by atoms with van der Waals surface area (Å²) < 4.78 is 8.94. The highest BCUT2D eigenvalue weighted by molar-refractivity contribution is 7.98. The summed E-state index contributed by atoms with van der Waals surface area (Å²) in [7, 11) is 1.56. The molecule has 0 saturated carbocycles. The SMILES string of the molecule is Cc1ccc(CSc2nc3c(c(=O)[nH]c(=O)n3C)n2C[C@@H](O)COc2cccc3ccccc23)cc1. The minimum atomic E-state index is -0.920. The fraction of sp³-hybridized carbons (Fsp3) is 0.222. The van der Waals surface area contributed by atoms with Crippen molar-refractivity contribution in [3.8, 4) is 5.75 Å². The lowest BCUT2D eigenvalue weighted by molar-refractivity contribution is 0.0921. The van der Waals surface area contributed by atoms with Crippen LogP contribution in [-0.2, 0) is 19.3 Å². The molecule has 9 heteroatoms. The summed E-state index contributed by atoms with van der Waals surface area (Å²) in [6.45, 7) is 2.14. The molecule has 0 aliphatic rings. The summed E-state index contributed by atoms with van der Waals surface area (Å²) in [5, 5.41) is 13.5. The molecule has 5 aromatic rings. The molecule has 8 nitrogen and oxygen atoms in total. The number of aromatic amines is 1. The minimum absolute atomic E-state index is 0.0272. The van der Waals surface area contributed by atoms with Gasteiger partial charge in [-0.15, -0.1) is 0 Å². The third-order valence-electron chi connectivity index (χ3n) is 6.03. The van der Waals surface area contributed by atoms with Crippen molar-refractivity contribution in [2.45, 2.75) is 30.5 Å². The monoisotopic (exact) mass is 502 g/mol. The molecule has 36 heavy (non-hydrogen) atoms. The highest BCUT2D eigenvalue weighted by Crippen LogP contribution is 2.27. The Balaban J connectivity index is 1.42. The number of hydrogen-bond acceptors (Lipinski definition) is 6. The van der Waals surface area contributed by atoms with Crippen molar-refractivity contribution in [1.82, 2.24) is 19.1 Å². The van der Waals surface area contributed by atoms with Crippen molar-refractivity contribution in [2.75, 3.05) is 6.61 Å². The van der Waals surface area contributed by atoms with Gasteiger partial charge in [0.25, 0.3) is 5.56 Å². The van der Waals surface area contributed by atoms with Gasteiger partial charge in [0.05, 0.1) is 6.54 Å². The number of rotatable bonds is 8. The van der Waals surface area contributed by atoms with Gasteiger partial charge >= 0.3 is 5.69 Å². The number of imidazole rings is 1. The van der Waals surface area contributed by atoms with Gasteiger partial charge in [-0.3, -0.25) is 14.3 Å². The fourth-order valence-electron chi connectivity index (χ4n) is 4.10. The van der Waals surface area contributed by atoms with Crippen LogP contribution >= 0.6 is 11.8 Å². The van der Waals surface area contributed by atoms with Gasteiger partial charge in [0, 0.05) is 18.2 Å². The van der Waals surface area contributed by atoms with E-state index in [2.05, 4.69) is 9.97 Å². The quantitative estimate of drug-likeness (QED) is 0.314. The highest BCUT2D eigenvalue weighted by Gasteiger charge is 2.20. The van der Waals surface area contributed by atoms with Gasteiger partial charge < -0.3 is 14.4 Å². The van der Waals surface area contributed by atoms with E-state index >= 15 is 0 Å². The Morgan fingerprint density at radius 1 is 1.06 bits per heavy atom. The van der Waals surface area contributed by atoms with Gasteiger partial charge in [-0.05, 0) is 23.9 Å². The molecule has 3 aromatic carbocycles. The zero-order chi connectivity index (χ0) is 25.2. The Hall–Kier alpha value is -3.82. The van der Waals surface area contributed by atoms with E-state index in [-0.39, 0.29) is 24.3 Å². The summed E-state index contributed by atoms with van der Waals surface area (Å²) >= 11 is 1.45. The van der Waals surface area contributed by atoms with E-state index in [1.165, 1.54) is 21.9 Å². The van der Waals surface area contributed by atoms with Crippen LogP contribution < -0.4 is 16.0 Å². The number of fused-ring (bicyclic) bond motifs is 2. The Kier molecular flexibility index (Phi) is 6.67. The zero-order valence-corrected chi connectivity index (χ0v) is 20.8. The molecule has 0 unspecified atom stereocenters. The number of hydrogen-bond donors (Lipinski definition) is 2. The van der Waals surface area contributed by atoms with Crippen LogP contribution in [0.15, 0.2) is 81.5 Å².